The van der Waals surface area contributed by atoms with Gasteiger partial charge in [0.25, 0.3) is 5.91 Å². The third kappa shape index (κ3) is 3.24. The zero-order valence-corrected chi connectivity index (χ0v) is 16.5. The van der Waals surface area contributed by atoms with E-state index in [0.29, 0.717) is 22.9 Å². The van der Waals surface area contributed by atoms with Crippen LogP contribution in [0.2, 0.25) is 0 Å². The Hall–Kier alpha value is -3.54. The molecule has 4 aromatic rings. The number of fused-ring (bicyclic) bond motifs is 1. The second-order valence-electron chi connectivity index (χ2n) is 8.22. The molecule has 0 bridgehead atoms. The number of benzene rings is 2. The number of nitrogens with one attached hydrogen (secondary N) is 1. The number of rotatable bonds is 5. The maximum atomic E-state index is 12.7. The van der Waals surface area contributed by atoms with E-state index in [9.17, 15) is 4.79 Å². The molecular formula is C24H21N5O. The van der Waals surface area contributed by atoms with Crippen LogP contribution in [0.3, 0.4) is 0 Å². The van der Waals surface area contributed by atoms with Gasteiger partial charge in [-0.25, -0.2) is 4.68 Å². The van der Waals surface area contributed by atoms with Crippen LogP contribution >= 0.6 is 0 Å². The predicted molar refractivity (Wildman–Crippen MR) is 115 cm³/mol. The Morgan fingerprint density at radius 2 is 1.60 bits per heavy atom. The fourth-order valence-corrected chi connectivity index (χ4v) is 3.86. The molecule has 0 aliphatic heterocycles. The first-order valence-electron chi connectivity index (χ1n) is 10.5. The Balaban J connectivity index is 1.23. The lowest BCUT2D eigenvalue weighted by Gasteiger charge is -2.09. The molecule has 2 heterocycles. The zero-order chi connectivity index (χ0) is 20.1. The highest BCUT2D eigenvalue weighted by Crippen LogP contribution is 2.45. The molecule has 1 amide bonds. The van der Waals surface area contributed by atoms with E-state index in [1.165, 1.54) is 37.1 Å². The SMILES string of the molecule is O=C(Nc1ccc(-n2nc(C3CC3)cc2C2CC2)cc1)c1ccc2nccnc2c1. The van der Waals surface area contributed by atoms with Crippen molar-refractivity contribution in [1.29, 1.82) is 0 Å². The molecular weight excluding hydrogens is 374 g/mol. The van der Waals surface area contributed by atoms with Gasteiger partial charge in [0.2, 0.25) is 0 Å². The van der Waals surface area contributed by atoms with E-state index in [-0.39, 0.29) is 5.91 Å². The Labute approximate surface area is 174 Å². The minimum absolute atomic E-state index is 0.163. The number of aromatic nitrogens is 4. The topological polar surface area (TPSA) is 72.7 Å². The number of anilines is 1. The molecule has 2 aliphatic rings. The fraction of sp³-hybridized carbons (Fsp3) is 0.250. The molecule has 2 fully saturated rings. The molecule has 0 atom stereocenters. The summed E-state index contributed by atoms with van der Waals surface area (Å²) >= 11 is 0. The van der Waals surface area contributed by atoms with Crippen LogP contribution in [0.25, 0.3) is 16.7 Å². The Morgan fingerprint density at radius 3 is 2.33 bits per heavy atom. The molecule has 2 saturated carbocycles. The summed E-state index contributed by atoms with van der Waals surface area (Å²) in [4.78, 5) is 21.2. The van der Waals surface area contributed by atoms with Crippen molar-refractivity contribution in [1.82, 2.24) is 19.7 Å². The summed E-state index contributed by atoms with van der Waals surface area (Å²) in [5, 5.41) is 7.86. The smallest absolute Gasteiger partial charge is 0.255 e. The molecule has 2 aliphatic carbocycles. The summed E-state index contributed by atoms with van der Waals surface area (Å²) in [6.45, 7) is 0. The number of carbonyl (C=O) groups is 1. The van der Waals surface area contributed by atoms with Crippen molar-refractivity contribution >= 4 is 22.6 Å². The highest BCUT2D eigenvalue weighted by atomic mass is 16.1. The first-order chi connectivity index (χ1) is 14.7. The van der Waals surface area contributed by atoms with Crippen molar-refractivity contribution in [2.75, 3.05) is 5.32 Å². The highest BCUT2D eigenvalue weighted by molar-refractivity contribution is 6.05. The van der Waals surface area contributed by atoms with Gasteiger partial charge >= 0.3 is 0 Å². The summed E-state index contributed by atoms with van der Waals surface area (Å²) < 4.78 is 2.10. The van der Waals surface area contributed by atoms with Crippen molar-refractivity contribution < 1.29 is 4.79 Å². The molecule has 2 aromatic heterocycles. The molecule has 0 unspecified atom stereocenters. The molecule has 30 heavy (non-hydrogen) atoms. The van der Waals surface area contributed by atoms with Crippen LogP contribution in [0.5, 0.6) is 0 Å². The second kappa shape index (κ2) is 6.76. The summed E-state index contributed by atoms with van der Waals surface area (Å²) in [5.74, 6) is 1.12. The molecule has 6 nitrogen and oxygen atoms in total. The van der Waals surface area contributed by atoms with Gasteiger partial charge in [0.05, 0.1) is 22.4 Å². The molecule has 1 N–H and O–H groups in total. The van der Waals surface area contributed by atoms with Crippen molar-refractivity contribution in [3.8, 4) is 5.69 Å². The second-order valence-corrected chi connectivity index (χ2v) is 8.22. The van der Waals surface area contributed by atoms with E-state index in [1.54, 1.807) is 24.5 Å². The number of nitrogens with zero attached hydrogens (tertiary/aromatic N) is 4. The number of hydrogen-bond acceptors (Lipinski definition) is 4. The van der Waals surface area contributed by atoms with Crippen LogP contribution in [0, 0.1) is 0 Å². The maximum absolute atomic E-state index is 12.7. The van der Waals surface area contributed by atoms with Gasteiger partial charge in [-0.2, -0.15) is 5.10 Å². The van der Waals surface area contributed by atoms with E-state index >= 15 is 0 Å². The van der Waals surface area contributed by atoms with Gasteiger partial charge in [-0.15, -0.1) is 0 Å². The molecule has 148 valence electrons. The van der Waals surface area contributed by atoms with E-state index in [2.05, 4.69) is 26.0 Å². The Morgan fingerprint density at radius 1 is 0.867 bits per heavy atom. The van der Waals surface area contributed by atoms with E-state index < -0.39 is 0 Å². The van der Waals surface area contributed by atoms with Gasteiger partial charge in [0, 0.05) is 41.2 Å². The number of carbonyl (C=O) groups excluding carboxylic acids is 1. The lowest BCUT2D eigenvalue weighted by atomic mass is 10.1. The maximum Gasteiger partial charge on any atom is 0.255 e. The standard InChI is InChI=1S/C24H21N5O/c30-24(17-5-10-20-22(13-17)26-12-11-25-20)27-18-6-8-19(9-7-18)29-23(16-3-4-16)14-21(28-29)15-1-2-15/h5-16H,1-4H2,(H,27,30). The molecule has 0 saturated heterocycles. The highest BCUT2D eigenvalue weighted by Gasteiger charge is 2.32. The van der Waals surface area contributed by atoms with Gasteiger partial charge in [-0.1, -0.05) is 0 Å². The molecule has 2 aromatic carbocycles. The van der Waals surface area contributed by atoms with E-state index in [4.69, 9.17) is 5.10 Å². The predicted octanol–water partition coefficient (Wildman–Crippen LogP) is 4.82. The first kappa shape index (κ1) is 17.3. The normalized spacial score (nSPS) is 16.0. The van der Waals surface area contributed by atoms with Crippen LogP contribution in [-0.2, 0) is 0 Å². The van der Waals surface area contributed by atoms with Gasteiger partial charge in [0.1, 0.15) is 0 Å². The summed E-state index contributed by atoms with van der Waals surface area (Å²) in [5.41, 5.74) is 6.39. The zero-order valence-electron chi connectivity index (χ0n) is 16.5. The Bertz CT molecular complexity index is 1250. The summed E-state index contributed by atoms with van der Waals surface area (Å²) in [6.07, 6.45) is 8.28. The van der Waals surface area contributed by atoms with Crippen LogP contribution in [0.4, 0.5) is 5.69 Å². The van der Waals surface area contributed by atoms with Crippen molar-refractivity contribution in [2.24, 2.45) is 0 Å². The van der Waals surface area contributed by atoms with Gasteiger partial charge < -0.3 is 5.32 Å². The lowest BCUT2D eigenvalue weighted by molar-refractivity contribution is 0.102. The van der Waals surface area contributed by atoms with Crippen molar-refractivity contribution in [3.63, 3.8) is 0 Å². The van der Waals surface area contributed by atoms with Crippen LogP contribution < -0.4 is 5.32 Å². The largest absolute Gasteiger partial charge is 0.322 e. The summed E-state index contributed by atoms with van der Waals surface area (Å²) in [7, 11) is 0. The van der Waals surface area contributed by atoms with Crippen molar-refractivity contribution in [2.45, 2.75) is 37.5 Å². The minimum Gasteiger partial charge on any atom is -0.322 e. The number of amides is 1. The first-order valence-corrected chi connectivity index (χ1v) is 10.5. The minimum atomic E-state index is -0.163. The molecule has 0 radical (unpaired) electrons. The van der Waals surface area contributed by atoms with Gasteiger partial charge in [-0.3, -0.25) is 14.8 Å². The van der Waals surface area contributed by atoms with Gasteiger partial charge in [0.15, 0.2) is 0 Å². The average molecular weight is 395 g/mol. The third-order valence-electron chi connectivity index (χ3n) is 5.85. The lowest BCUT2D eigenvalue weighted by Crippen LogP contribution is -2.12. The molecule has 6 heteroatoms. The third-order valence-corrected chi connectivity index (χ3v) is 5.85. The Kier molecular flexibility index (Phi) is 3.91. The van der Waals surface area contributed by atoms with Gasteiger partial charge in [-0.05, 0) is 74.2 Å². The monoisotopic (exact) mass is 395 g/mol. The molecule has 6 rings (SSSR count). The van der Waals surface area contributed by atoms with E-state index in [0.717, 1.165) is 16.9 Å². The van der Waals surface area contributed by atoms with Crippen LogP contribution in [0.15, 0.2) is 60.9 Å². The average Bonchev–Trinajstić information content (AvgIpc) is 3.72. The number of hydrogen-bond donors (Lipinski definition) is 1. The molecule has 0 spiro atoms. The van der Waals surface area contributed by atoms with E-state index in [1.807, 2.05) is 30.3 Å². The van der Waals surface area contributed by atoms with Crippen LogP contribution in [-0.4, -0.2) is 25.7 Å². The van der Waals surface area contributed by atoms with Crippen LogP contribution in [0.1, 0.15) is 59.3 Å². The fourth-order valence-electron chi connectivity index (χ4n) is 3.86. The summed E-state index contributed by atoms with van der Waals surface area (Å²) in [6, 6.07) is 15.6. The quantitative estimate of drug-likeness (QED) is 0.526. The van der Waals surface area contributed by atoms with Crippen molar-refractivity contribution in [3.05, 3.63) is 77.9 Å².